The van der Waals surface area contributed by atoms with Crippen LogP contribution in [0.4, 0.5) is 11.7 Å². The molecule has 0 aliphatic rings. The minimum atomic E-state index is 0.0297. The predicted octanol–water partition coefficient (Wildman–Crippen LogP) is 1.89. The molecule has 0 fully saturated rings. The molecule has 0 saturated carbocycles. The van der Waals surface area contributed by atoms with Crippen molar-refractivity contribution in [1.29, 1.82) is 0 Å². The normalized spacial score (nSPS) is 12.2. The first kappa shape index (κ1) is 13.3. The molecule has 1 unspecified atom stereocenters. The molecule has 2 heterocycles. The van der Waals surface area contributed by atoms with Crippen LogP contribution in [0.2, 0.25) is 0 Å². The molecule has 0 aliphatic heterocycles. The number of methoxy groups -OCH3 is 1. The fourth-order valence-electron chi connectivity index (χ4n) is 1.55. The van der Waals surface area contributed by atoms with Crippen LogP contribution in [0.5, 0.6) is 5.88 Å². The third-order valence-corrected chi connectivity index (χ3v) is 2.52. The molecule has 0 aromatic carbocycles. The lowest BCUT2D eigenvalue weighted by atomic mass is 10.3. The number of aromatic nitrogens is 3. The highest BCUT2D eigenvalue weighted by Gasteiger charge is 2.12. The highest BCUT2D eigenvalue weighted by molar-refractivity contribution is 5.50. The molecular weight excluding hydrogens is 246 g/mol. The average molecular weight is 263 g/mol. The van der Waals surface area contributed by atoms with Crippen LogP contribution in [0.3, 0.4) is 0 Å². The molecule has 0 bridgehead atoms. The van der Waals surface area contributed by atoms with Crippen LogP contribution in [-0.4, -0.2) is 28.8 Å². The summed E-state index contributed by atoms with van der Waals surface area (Å²) in [6.45, 7) is 4.83. The van der Waals surface area contributed by atoms with E-state index in [1.807, 2.05) is 19.9 Å². The molecule has 0 aliphatic carbocycles. The SMILES string of the molecule is CCNC(C)c1nnc(Nc2ccc(OC)nc2)o1. The maximum atomic E-state index is 5.50. The minimum Gasteiger partial charge on any atom is -0.481 e. The molecule has 2 aromatic heterocycles. The van der Waals surface area contributed by atoms with Gasteiger partial charge in [0.2, 0.25) is 11.8 Å². The summed E-state index contributed by atoms with van der Waals surface area (Å²) in [5.41, 5.74) is 0.757. The van der Waals surface area contributed by atoms with Crippen LogP contribution in [0.25, 0.3) is 0 Å². The summed E-state index contributed by atoms with van der Waals surface area (Å²) in [5.74, 6) is 1.10. The molecule has 2 rings (SSSR count). The molecule has 7 nitrogen and oxygen atoms in total. The van der Waals surface area contributed by atoms with Crippen molar-refractivity contribution in [1.82, 2.24) is 20.5 Å². The van der Waals surface area contributed by atoms with Gasteiger partial charge >= 0.3 is 6.01 Å². The first-order chi connectivity index (χ1) is 9.22. The Labute approximate surface area is 111 Å². The van der Waals surface area contributed by atoms with Crippen molar-refractivity contribution >= 4 is 11.7 Å². The van der Waals surface area contributed by atoms with E-state index in [0.717, 1.165) is 12.2 Å². The molecule has 0 spiro atoms. The topological polar surface area (TPSA) is 85.1 Å². The van der Waals surface area contributed by atoms with Crippen molar-refractivity contribution in [2.45, 2.75) is 19.9 Å². The number of hydrogen-bond acceptors (Lipinski definition) is 7. The number of ether oxygens (including phenoxy) is 1. The van der Waals surface area contributed by atoms with Crippen LogP contribution >= 0.6 is 0 Å². The van der Waals surface area contributed by atoms with Gasteiger partial charge in [0.25, 0.3) is 0 Å². The Kier molecular flexibility index (Phi) is 4.30. The maximum absolute atomic E-state index is 5.50. The van der Waals surface area contributed by atoms with Gasteiger partial charge in [-0.2, -0.15) is 0 Å². The van der Waals surface area contributed by atoms with Gasteiger partial charge in [-0.25, -0.2) is 4.98 Å². The predicted molar refractivity (Wildman–Crippen MR) is 70.5 cm³/mol. The zero-order valence-electron chi connectivity index (χ0n) is 11.2. The number of nitrogens with one attached hydrogen (secondary N) is 2. The van der Waals surface area contributed by atoms with Gasteiger partial charge in [-0.1, -0.05) is 12.0 Å². The summed E-state index contributed by atoms with van der Waals surface area (Å²) in [6.07, 6.45) is 1.64. The van der Waals surface area contributed by atoms with E-state index in [1.54, 1.807) is 19.4 Å². The standard InChI is InChI=1S/C12H17N5O2/c1-4-13-8(2)11-16-17-12(19-11)15-9-5-6-10(18-3)14-7-9/h5-8,13H,4H2,1-3H3,(H,15,17). The highest BCUT2D eigenvalue weighted by Crippen LogP contribution is 2.18. The van der Waals surface area contributed by atoms with E-state index in [1.165, 1.54) is 0 Å². The summed E-state index contributed by atoms with van der Waals surface area (Å²) >= 11 is 0. The zero-order valence-corrected chi connectivity index (χ0v) is 11.2. The third kappa shape index (κ3) is 3.41. The van der Waals surface area contributed by atoms with Gasteiger partial charge in [-0.05, 0) is 19.5 Å². The second-order valence-corrected chi connectivity index (χ2v) is 3.94. The lowest BCUT2D eigenvalue weighted by Gasteiger charge is -2.06. The van der Waals surface area contributed by atoms with E-state index in [4.69, 9.17) is 9.15 Å². The van der Waals surface area contributed by atoms with E-state index in [2.05, 4.69) is 25.8 Å². The number of anilines is 2. The summed E-state index contributed by atoms with van der Waals surface area (Å²) in [5, 5.41) is 14.1. The molecule has 0 radical (unpaired) electrons. The smallest absolute Gasteiger partial charge is 0.320 e. The Balaban J connectivity index is 2.02. The Morgan fingerprint density at radius 2 is 2.21 bits per heavy atom. The molecule has 7 heteroatoms. The van der Waals surface area contributed by atoms with Crippen molar-refractivity contribution < 1.29 is 9.15 Å². The van der Waals surface area contributed by atoms with E-state index in [0.29, 0.717) is 17.8 Å². The van der Waals surface area contributed by atoms with Gasteiger partial charge < -0.3 is 19.8 Å². The molecule has 19 heavy (non-hydrogen) atoms. The lowest BCUT2D eigenvalue weighted by Crippen LogP contribution is -2.17. The molecule has 102 valence electrons. The van der Waals surface area contributed by atoms with Gasteiger partial charge in [-0.3, -0.25) is 0 Å². The average Bonchev–Trinajstić information content (AvgIpc) is 2.88. The van der Waals surface area contributed by atoms with Crippen molar-refractivity contribution in [2.24, 2.45) is 0 Å². The second-order valence-electron chi connectivity index (χ2n) is 3.94. The van der Waals surface area contributed by atoms with Gasteiger partial charge in [0.05, 0.1) is 25.0 Å². The molecular formula is C12H17N5O2. The number of hydrogen-bond donors (Lipinski definition) is 2. The van der Waals surface area contributed by atoms with Crippen LogP contribution in [0.1, 0.15) is 25.8 Å². The largest absolute Gasteiger partial charge is 0.481 e. The Bertz CT molecular complexity index is 511. The van der Waals surface area contributed by atoms with Crippen LogP contribution in [0.15, 0.2) is 22.7 Å². The van der Waals surface area contributed by atoms with E-state index < -0.39 is 0 Å². The molecule has 1 atom stereocenters. The summed E-state index contributed by atoms with van der Waals surface area (Å²) in [6, 6.07) is 3.94. The zero-order chi connectivity index (χ0) is 13.7. The molecule has 0 saturated heterocycles. The fraction of sp³-hybridized carbons (Fsp3) is 0.417. The third-order valence-electron chi connectivity index (χ3n) is 2.52. The van der Waals surface area contributed by atoms with Crippen molar-refractivity contribution in [3.8, 4) is 5.88 Å². The monoisotopic (exact) mass is 263 g/mol. The van der Waals surface area contributed by atoms with E-state index in [-0.39, 0.29) is 6.04 Å². The van der Waals surface area contributed by atoms with Crippen molar-refractivity contribution in [3.63, 3.8) is 0 Å². The second kappa shape index (κ2) is 6.14. The van der Waals surface area contributed by atoms with Gasteiger partial charge in [0.1, 0.15) is 0 Å². The van der Waals surface area contributed by atoms with Gasteiger partial charge in [0.15, 0.2) is 0 Å². The Morgan fingerprint density at radius 1 is 1.37 bits per heavy atom. The van der Waals surface area contributed by atoms with Crippen molar-refractivity contribution in [2.75, 3.05) is 19.0 Å². The summed E-state index contributed by atoms with van der Waals surface area (Å²) in [7, 11) is 1.57. The first-order valence-electron chi connectivity index (χ1n) is 6.06. The van der Waals surface area contributed by atoms with Gasteiger partial charge in [-0.15, -0.1) is 5.10 Å². The quantitative estimate of drug-likeness (QED) is 0.823. The maximum Gasteiger partial charge on any atom is 0.320 e. The fourth-order valence-corrected chi connectivity index (χ4v) is 1.55. The first-order valence-corrected chi connectivity index (χ1v) is 6.06. The lowest BCUT2D eigenvalue weighted by molar-refractivity contribution is 0.398. The highest BCUT2D eigenvalue weighted by atomic mass is 16.5. The van der Waals surface area contributed by atoms with Crippen LogP contribution in [0, 0.1) is 0 Å². The number of rotatable bonds is 6. The van der Waals surface area contributed by atoms with Crippen LogP contribution in [-0.2, 0) is 0 Å². The summed E-state index contributed by atoms with van der Waals surface area (Å²) < 4.78 is 10.5. The Morgan fingerprint density at radius 3 is 2.84 bits per heavy atom. The van der Waals surface area contributed by atoms with Gasteiger partial charge in [0, 0.05) is 6.07 Å². The summed E-state index contributed by atoms with van der Waals surface area (Å²) in [4.78, 5) is 4.08. The van der Waals surface area contributed by atoms with E-state index >= 15 is 0 Å². The number of nitrogens with zero attached hydrogens (tertiary/aromatic N) is 3. The molecule has 2 aromatic rings. The van der Waals surface area contributed by atoms with Crippen molar-refractivity contribution in [3.05, 3.63) is 24.2 Å². The van der Waals surface area contributed by atoms with Crippen LogP contribution < -0.4 is 15.4 Å². The van der Waals surface area contributed by atoms with E-state index in [9.17, 15) is 0 Å². The number of pyridine rings is 1. The molecule has 0 amide bonds. The Hall–Kier alpha value is -2.15. The molecule has 2 N–H and O–H groups in total. The minimum absolute atomic E-state index is 0.0297.